The molecular weight excluding hydrogens is 422 g/mol. The zero-order chi connectivity index (χ0) is 22.1. The number of nitrogens with one attached hydrogen (secondary N) is 1. The molecule has 2 heterocycles. The molecule has 2 aromatic carbocycles. The second kappa shape index (κ2) is 8.87. The fourth-order valence-electron chi connectivity index (χ4n) is 5.40. The Bertz CT molecular complexity index is 966. The number of likely N-dealkylation sites (tertiary alicyclic amines) is 1. The number of benzene rings is 2. The Balaban J connectivity index is 1.32. The van der Waals surface area contributed by atoms with Crippen molar-refractivity contribution in [3.63, 3.8) is 0 Å². The van der Waals surface area contributed by atoms with Crippen molar-refractivity contribution >= 4 is 23.4 Å². The minimum Gasteiger partial charge on any atom is -0.342 e. The third-order valence-corrected chi connectivity index (χ3v) is 7.70. The second-order valence-electron chi connectivity index (χ2n) is 9.44. The zero-order valence-corrected chi connectivity index (χ0v) is 19.1. The molecule has 3 aliphatic rings. The molecule has 2 saturated heterocycles. The van der Waals surface area contributed by atoms with E-state index < -0.39 is 11.6 Å². The first-order chi connectivity index (χ1) is 15.5. The van der Waals surface area contributed by atoms with Crippen LogP contribution >= 0.6 is 11.6 Å². The smallest absolute Gasteiger partial charge is 0.246 e. The molecule has 0 unspecified atom stereocenters. The van der Waals surface area contributed by atoms with Crippen molar-refractivity contribution in [2.75, 3.05) is 13.1 Å². The summed E-state index contributed by atoms with van der Waals surface area (Å²) < 4.78 is 0. The molecule has 0 bridgehead atoms. The van der Waals surface area contributed by atoms with Crippen LogP contribution in [0.3, 0.4) is 0 Å². The molecule has 1 atom stereocenters. The minimum atomic E-state index is -0.703. The average molecular weight is 452 g/mol. The highest BCUT2D eigenvalue weighted by atomic mass is 35.5. The summed E-state index contributed by atoms with van der Waals surface area (Å²) in [5.41, 5.74) is 1.59. The van der Waals surface area contributed by atoms with Crippen molar-refractivity contribution in [3.05, 3.63) is 70.7 Å². The number of amides is 2. The normalized spacial score (nSPS) is 23.8. The van der Waals surface area contributed by atoms with Crippen molar-refractivity contribution in [3.8, 4) is 0 Å². The SMILES string of the molecule is O=C1[C@H](Cc2ccccc2)NC(=O)C2(CCN(Cc3ccc(Cl)cc3)CC2)N1C1CCC1. The summed E-state index contributed by atoms with van der Waals surface area (Å²) >= 11 is 6.01. The Morgan fingerprint density at radius 2 is 1.62 bits per heavy atom. The van der Waals surface area contributed by atoms with Crippen LogP contribution in [0.1, 0.15) is 43.2 Å². The topological polar surface area (TPSA) is 52.7 Å². The van der Waals surface area contributed by atoms with Gasteiger partial charge in [-0.3, -0.25) is 14.5 Å². The van der Waals surface area contributed by atoms with Crippen LogP contribution in [0.2, 0.25) is 5.02 Å². The number of hydrogen-bond donors (Lipinski definition) is 1. The van der Waals surface area contributed by atoms with Gasteiger partial charge in [-0.2, -0.15) is 0 Å². The molecule has 1 aliphatic carbocycles. The van der Waals surface area contributed by atoms with Crippen LogP contribution in [0.4, 0.5) is 0 Å². The second-order valence-corrected chi connectivity index (χ2v) is 9.88. The van der Waals surface area contributed by atoms with Crippen LogP contribution in [0.15, 0.2) is 54.6 Å². The van der Waals surface area contributed by atoms with Gasteiger partial charge in [0.1, 0.15) is 11.6 Å². The predicted molar refractivity (Wildman–Crippen MR) is 125 cm³/mol. The maximum Gasteiger partial charge on any atom is 0.246 e. The summed E-state index contributed by atoms with van der Waals surface area (Å²) in [5, 5.41) is 3.86. The maximum atomic E-state index is 13.7. The number of halogens is 1. The van der Waals surface area contributed by atoms with E-state index in [9.17, 15) is 9.59 Å². The van der Waals surface area contributed by atoms with E-state index >= 15 is 0 Å². The quantitative estimate of drug-likeness (QED) is 0.752. The number of piperidine rings is 1. The van der Waals surface area contributed by atoms with Crippen LogP contribution in [0.25, 0.3) is 0 Å². The Hall–Kier alpha value is -2.37. The predicted octanol–water partition coefficient (Wildman–Crippen LogP) is 3.80. The van der Waals surface area contributed by atoms with E-state index in [1.165, 1.54) is 5.56 Å². The van der Waals surface area contributed by atoms with Crippen molar-refractivity contribution in [1.29, 1.82) is 0 Å². The molecule has 2 amide bonds. The van der Waals surface area contributed by atoms with Gasteiger partial charge in [0.2, 0.25) is 11.8 Å². The number of piperazine rings is 1. The molecule has 3 fully saturated rings. The van der Waals surface area contributed by atoms with Gasteiger partial charge in [0.25, 0.3) is 0 Å². The van der Waals surface area contributed by atoms with E-state index in [-0.39, 0.29) is 17.9 Å². The molecule has 1 N–H and O–H groups in total. The summed E-state index contributed by atoms with van der Waals surface area (Å²) in [4.78, 5) is 31.6. The number of carbonyl (C=O) groups excluding carboxylic acids is 2. The van der Waals surface area contributed by atoms with Crippen LogP contribution in [-0.4, -0.2) is 52.3 Å². The Morgan fingerprint density at radius 3 is 2.25 bits per heavy atom. The van der Waals surface area contributed by atoms with Gasteiger partial charge in [0.05, 0.1) is 0 Å². The Morgan fingerprint density at radius 1 is 0.938 bits per heavy atom. The summed E-state index contributed by atoms with van der Waals surface area (Å²) in [5.74, 6) is 0.139. The number of carbonyl (C=O) groups is 2. The highest BCUT2D eigenvalue weighted by molar-refractivity contribution is 6.30. The van der Waals surface area contributed by atoms with E-state index in [4.69, 9.17) is 11.6 Å². The first-order valence-electron chi connectivity index (χ1n) is 11.7. The van der Waals surface area contributed by atoms with Crippen molar-refractivity contribution < 1.29 is 9.59 Å². The standard InChI is InChI=1S/C26H30ClN3O2/c27-21-11-9-20(10-12-21)18-29-15-13-26(14-16-29)25(32)28-23(17-19-5-2-1-3-6-19)24(31)30(26)22-7-4-8-22/h1-3,5-6,9-12,22-23H,4,7-8,13-18H2,(H,28,32)/t23-/m0/s1. The van der Waals surface area contributed by atoms with Gasteiger partial charge in [0, 0.05) is 37.1 Å². The molecule has 0 aromatic heterocycles. The fraction of sp³-hybridized carbons (Fsp3) is 0.462. The number of rotatable bonds is 5. The summed E-state index contributed by atoms with van der Waals surface area (Å²) in [6, 6.07) is 17.6. The lowest BCUT2D eigenvalue weighted by atomic mass is 9.77. The minimum absolute atomic E-state index is 0.0380. The van der Waals surface area contributed by atoms with Crippen molar-refractivity contribution in [1.82, 2.24) is 15.1 Å². The van der Waals surface area contributed by atoms with E-state index in [0.717, 1.165) is 49.5 Å². The van der Waals surface area contributed by atoms with E-state index in [1.54, 1.807) is 0 Å². The van der Waals surface area contributed by atoms with Crippen LogP contribution in [0.5, 0.6) is 0 Å². The molecule has 2 aromatic rings. The first kappa shape index (κ1) is 21.5. The van der Waals surface area contributed by atoms with Crippen LogP contribution in [0, 0.1) is 0 Å². The molecule has 5 rings (SSSR count). The van der Waals surface area contributed by atoms with Crippen molar-refractivity contribution in [2.24, 2.45) is 0 Å². The van der Waals surface area contributed by atoms with Gasteiger partial charge in [-0.25, -0.2) is 0 Å². The molecule has 168 valence electrons. The third kappa shape index (κ3) is 4.04. The first-order valence-corrected chi connectivity index (χ1v) is 12.1. The molecular formula is C26H30ClN3O2. The molecule has 2 aliphatic heterocycles. The third-order valence-electron chi connectivity index (χ3n) is 7.45. The van der Waals surface area contributed by atoms with Crippen LogP contribution in [-0.2, 0) is 22.6 Å². The highest BCUT2D eigenvalue weighted by Gasteiger charge is 2.56. The van der Waals surface area contributed by atoms with Crippen molar-refractivity contribution in [2.45, 2.75) is 62.7 Å². The lowest BCUT2D eigenvalue weighted by Gasteiger charge is -2.56. The summed E-state index contributed by atoms with van der Waals surface area (Å²) in [6.45, 7) is 2.44. The maximum absolute atomic E-state index is 13.7. The van der Waals surface area contributed by atoms with E-state index in [2.05, 4.69) is 22.3 Å². The summed E-state index contributed by atoms with van der Waals surface area (Å²) in [6.07, 6.45) is 5.08. The lowest BCUT2D eigenvalue weighted by Crippen LogP contribution is -2.75. The Kier molecular flexibility index (Phi) is 5.95. The van der Waals surface area contributed by atoms with E-state index in [0.29, 0.717) is 19.3 Å². The number of hydrogen-bond acceptors (Lipinski definition) is 3. The monoisotopic (exact) mass is 451 g/mol. The van der Waals surface area contributed by atoms with Gasteiger partial charge >= 0.3 is 0 Å². The molecule has 6 heteroatoms. The van der Waals surface area contributed by atoms with Gasteiger partial charge in [-0.05, 0) is 55.4 Å². The molecule has 32 heavy (non-hydrogen) atoms. The van der Waals surface area contributed by atoms with Gasteiger partial charge < -0.3 is 10.2 Å². The molecule has 1 saturated carbocycles. The Labute approximate surface area is 194 Å². The van der Waals surface area contributed by atoms with Gasteiger partial charge in [0.15, 0.2) is 0 Å². The van der Waals surface area contributed by atoms with Gasteiger partial charge in [-0.1, -0.05) is 54.1 Å². The van der Waals surface area contributed by atoms with Crippen LogP contribution < -0.4 is 5.32 Å². The lowest BCUT2D eigenvalue weighted by molar-refractivity contribution is -0.168. The zero-order valence-electron chi connectivity index (χ0n) is 18.3. The highest BCUT2D eigenvalue weighted by Crippen LogP contribution is 2.40. The average Bonchev–Trinajstić information content (AvgIpc) is 2.77. The fourth-order valence-corrected chi connectivity index (χ4v) is 5.53. The molecule has 0 radical (unpaired) electrons. The molecule has 1 spiro atoms. The largest absolute Gasteiger partial charge is 0.342 e. The molecule has 5 nitrogen and oxygen atoms in total. The summed E-state index contributed by atoms with van der Waals surface area (Å²) in [7, 11) is 0. The van der Waals surface area contributed by atoms with E-state index in [1.807, 2.05) is 47.4 Å². The van der Waals surface area contributed by atoms with Gasteiger partial charge in [-0.15, -0.1) is 0 Å². The number of nitrogens with zero attached hydrogens (tertiary/aromatic N) is 2.